The van der Waals surface area contributed by atoms with Crippen molar-refractivity contribution < 1.29 is 4.79 Å². The third-order valence-corrected chi connectivity index (χ3v) is 1.77. The van der Waals surface area contributed by atoms with Gasteiger partial charge in [0.25, 0.3) is 0 Å². The van der Waals surface area contributed by atoms with Gasteiger partial charge in [-0.25, -0.2) is 4.98 Å². The summed E-state index contributed by atoms with van der Waals surface area (Å²) < 4.78 is 0. The second-order valence-corrected chi connectivity index (χ2v) is 3.00. The van der Waals surface area contributed by atoms with Crippen LogP contribution in [0, 0.1) is 0 Å². The first kappa shape index (κ1) is 10.6. The summed E-state index contributed by atoms with van der Waals surface area (Å²) in [7, 11) is 0. The highest BCUT2D eigenvalue weighted by atomic mass is 16.1. The molecule has 0 aliphatic heterocycles. The van der Waals surface area contributed by atoms with Crippen LogP contribution in [0.25, 0.3) is 0 Å². The van der Waals surface area contributed by atoms with E-state index >= 15 is 0 Å². The molecule has 1 heterocycles. The van der Waals surface area contributed by atoms with E-state index in [0.29, 0.717) is 12.4 Å². The standard InChI is InChI=1S/C9H14N4O/c1-6(14)13-9-3-2-7(5-12-9)8(11)4-10/h2-3,5,8H,4,10-11H2,1H3,(H,12,13,14)/t8-/m1/s1. The number of anilines is 1. The molecule has 0 saturated heterocycles. The minimum absolute atomic E-state index is 0.145. The van der Waals surface area contributed by atoms with Crippen LogP contribution in [-0.2, 0) is 4.79 Å². The van der Waals surface area contributed by atoms with Gasteiger partial charge < -0.3 is 16.8 Å². The lowest BCUT2D eigenvalue weighted by atomic mass is 10.1. The van der Waals surface area contributed by atoms with E-state index in [2.05, 4.69) is 10.3 Å². The van der Waals surface area contributed by atoms with E-state index in [-0.39, 0.29) is 11.9 Å². The van der Waals surface area contributed by atoms with Crippen molar-refractivity contribution in [1.29, 1.82) is 0 Å². The molecule has 5 heteroatoms. The fourth-order valence-electron chi connectivity index (χ4n) is 1.02. The molecule has 5 nitrogen and oxygen atoms in total. The van der Waals surface area contributed by atoms with Gasteiger partial charge in [-0.05, 0) is 11.6 Å². The van der Waals surface area contributed by atoms with Crippen molar-refractivity contribution in [3.8, 4) is 0 Å². The molecule has 0 saturated carbocycles. The molecule has 0 radical (unpaired) electrons. The zero-order valence-electron chi connectivity index (χ0n) is 8.03. The van der Waals surface area contributed by atoms with Gasteiger partial charge in [0.15, 0.2) is 0 Å². The highest BCUT2D eigenvalue weighted by molar-refractivity contribution is 5.87. The quantitative estimate of drug-likeness (QED) is 0.631. The summed E-state index contributed by atoms with van der Waals surface area (Å²) in [6.45, 7) is 1.81. The molecule has 0 bridgehead atoms. The van der Waals surface area contributed by atoms with Crippen molar-refractivity contribution in [2.75, 3.05) is 11.9 Å². The van der Waals surface area contributed by atoms with Crippen LogP contribution < -0.4 is 16.8 Å². The average molecular weight is 194 g/mol. The number of nitrogens with zero attached hydrogens (tertiary/aromatic N) is 1. The topological polar surface area (TPSA) is 94.0 Å². The van der Waals surface area contributed by atoms with Gasteiger partial charge in [0.1, 0.15) is 5.82 Å². The van der Waals surface area contributed by atoms with Crippen molar-refractivity contribution in [2.45, 2.75) is 13.0 Å². The average Bonchev–Trinajstić information content (AvgIpc) is 2.17. The minimum Gasteiger partial charge on any atom is -0.329 e. The molecule has 0 fully saturated rings. The Morgan fingerprint density at radius 2 is 2.36 bits per heavy atom. The molecule has 0 spiro atoms. The first-order valence-corrected chi connectivity index (χ1v) is 4.32. The second-order valence-electron chi connectivity index (χ2n) is 3.00. The molecular weight excluding hydrogens is 180 g/mol. The Kier molecular flexibility index (Phi) is 3.55. The lowest BCUT2D eigenvalue weighted by Gasteiger charge is -2.08. The van der Waals surface area contributed by atoms with Gasteiger partial charge in [-0.3, -0.25) is 4.79 Å². The molecule has 0 unspecified atom stereocenters. The molecule has 1 rings (SSSR count). The SMILES string of the molecule is CC(=O)Nc1ccc([C@H](N)CN)cn1. The Labute approximate surface area is 82.5 Å². The van der Waals surface area contributed by atoms with Crippen molar-refractivity contribution >= 4 is 11.7 Å². The molecule has 0 aromatic carbocycles. The van der Waals surface area contributed by atoms with E-state index in [9.17, 15) is 4.79 Å². The van der Waals surface area contributed by atoms with E-state index < -0.39 is 0 Å². The van der Waals surface area contributed by atoms with Gasteiger partial charge in [-0.1, -0.05) is 6.07 Å². The van der Waals surface area contributed by atoms with Crippen LogP contribution in [0.5, 0.6) is 0 Å². The third-order valence-electron chi connectivity index (χ3n) is 1.77. The van der Waals surface area contributed by atoms with E-state index in [1.54, 1.807) is 18.3 Å². The maximum absolute atomic E-state index is 10.7. The molecule has 0 aliphatic carbocycles. The summed E-state index contributed by atoms with van der Waals surface area (Å²) in [5.74, 6) is 0.374. The van der Waals surface area contributed by atoms with Gasteiger partial charge in [0, 0.05) is 25.7 Å². The number of nitrogens with two attached hydrogens (primary N) is 2. The van der Waals surface area contributed by atoms with Crippen LogP contribution in [0.1, 0.15) is 18.5 Å². The first-order valence-electron chi connectivity index (χ1n) is 4.32. The zero-order chi connectivity index (χ0) is 10.6. The largest absolute Gasteiger partial charge is 0.329 e. The highest BCUT2D eigenvalue weighted by Gasteiger charge is 2.03. The molecule has 5 N–H and O–H groups in total. The number of carbonyl (C=O) groups is 1. The number of carbonyl (C=O) groups excluding carboxylic acids is 1. The Morgan fingerprint density at radius 3 is 2.79 bits per heavy atom. The normalized spacial score (nSPS) is 12.2. The number of hydrogen-bond acceptors (Lipinski definition) is 4. The van der Waals surface area contributed by atoms with Crippen LogP contribution in [0.2, 0.25) is 0 Å². The van der Waals surface area contributed by atoms with Crippen molar-refractivity contribution in [1.82, 2.24) is 4.98 Å². The Morgan fingerprint density at radius 1 is 1.64 bits per heavy atom. The lowest BCUT2D eigenvalue weighted by molar-refractivity contribution is -0.114. The second kappa shape index (κ2) is 4.69. The molecule has 1 aromatic heterocycles. The molecule has 76 valence electrons. The number of nitrogens with one attached hydrogen (secondary N) is 1. The van der Waals surface area contributed by atoms with E-state index in [1.165, 1.54) is 6.92 Å². The maximum atomic E-state index is 10.7. The van der Waals surface area contributed by atoms with Gasteiger partial charge in [-0.15, -0.1) is 0 Å². The summed E-state index contributed by atoms with van der Waals surface area (Å²) in [6, 6.07) is 3.30. The van der Waals surface area contributed by atoms with E-state index in [4.69, 9.17) is 11.5 Å². The highest BCUT2D eigenvalue weighted by Crippen LogP contribution is 2.10. The van der Waals surface area contributed by atoms with Gasteiger partial charge in [0.05, 0.1) is 0 Å². The molecular formula is C9H14N4O. The Hall–Kier alpha value is -1.46. The molecule has 14 heavy (non-hydrogen) atoms. The molecule has 1 atom stereocenters. The Bertz CT molecular complexity index is 309. The Balaban J connectivity index is 2.73. The van der Waals surface area contributed by atoms with Crippen LogP contribution in [0.3, 0.4) is 0 Å². The summed E-state index contributed by atoms with van der Waals surface area (Å²) in [5, 5.41) is 2.57. The predicted molar refractivity (Wildman–Crippen MR) is 54.5 cm³/mol. The predicted octanol–water partition coefficient (Wildman–Crippen LogP) is -0.00150. The number of rotatable bonds is 3. The zero-order valence-corrected chi connectivity index (χ0v) is 8.03. The van der Waals surface area contributed by atoms with Crippen LogP contribution in [-0.4, -0.2) is 17.4 Å². The number of hydrogen-bond donors (Lipinski definition) is 3. The number of aromatic nitrogens is 1. The van der Waals surface area contributed by atoms with Crippen molar-refractivity contribution in [3.05, 3.63) is 23.9 Å². The lowest BCUT2D eigenvalue weighted by Crippen LogP contribution is -2.21. The maximum Gasteiger partial charge on any atom is 0.222 e. The first-order chi connectivity index (χ1) is 6.63. The monoisotopic (exact) mass is 194 g/mol. The van der Waals surface area contributed by atoms with E-state index in [0.717, 1.165) is 5.56 Å². The smallest absolute Gasteiger partial charge is 0.222 e. The summed E-state index contributed by atoms with van der Waals surface area (Å²) in [5.41, 5.74) is 12.0. The van der Waals surface area contributed by atoms with Crippen molar-refractivity contribution in [3.63, 3.8) is 0 Å². The van der Waals surface area contributed by atoms with Gasteiger partial charge >= 0.3 is 0 Å². The summed E-state index contributed by atoms with van der Waals surface area (Å²) >= 11 is 0. The minimum atomic E-state index is -0.200. The van der Waals surface area contributed by atoms with Crippen LogP contribution >= 0.6 is 0 Å². The number of amides is 1. The summed E-state index contributed by atoms with van der Waals surface area (Å²) in [6.07, 6.45) is 1.61. The fraction of sp³-hybridized carbons (Fsp3) is 0.333. The van der Waals surface area contributed by atoms with Gasteiger partial charge in [-0.2, -0.15) is 0 Å². The van der Waals surface area contributed by atoms with Crippen molar-refractivity contribution in [2.24, 2.45) is 11.5 Å². The van der Waals surface area contributed by atoms with E-state index in [1.807, 2.05) is 0 Å². The van der Waals surface area contributed by atoms with Crippen LogP contribution in [0.15, 0.2) is 18.3 Å². The molecule has 1 aromatic rings. The van der Waals surface area contributed by atoms with Crippen LogP contribution in [0.4, 0.5) is 5.82 Å². The summed E-state index contributed by atoms with van der Waals surface area (Å²) in [4.78, 5) is 14.7. The fourth-order valence-corrected chi connectivity index (χ4v) is 1.02. The molecule has 0 aliphatic rings. The third kappa shape index (κ3) is 2.79. The molecule has 1 amide bonds. The van der Waals surface area contributed by atoms with Gasteiger partial charge in [0.2, 0.25) is 5.91 Å². The number of pyridine rings is 1.